The van der Waals surface area contributed by atoms with Gasteiger partial charge in [0, 0.05) is 0 Å². The van der Waals surface area contributed by atoms with E-state index in [4.69, 9.17) is 0 Å². The third-order valence-corrected chi connectivity index (χ3v) is 18.0. The van der Waals surface area contributed by atoms with Crippen LogP contribution in [0.4, 0.5) is 0 Å². The van der Waals surface area contributed by atoms with Gasteiger partial charge in [-0.2, -0.15) is 0 Å². The van der Waals surface area contributed by atoms with Crippen LogP contribution in [0.3, 0.4) is 0 Å². The number of rotatable bonds is 32. The lowest BCUT2D eigenvalue weighted by Gasteiger charge is -2.06. The van der Waals surface area contributed by atoms with Crippen molar-refractivity contribution in [2.24, 2.45) is 0 Å². The summed E-state index contributed by atoms with van der Waals surface area (Å²) in [4.78, 5) is 2.99. The average Bonchev–Trinajstić information content (AvgIpc) is 3.62. The molecule has 0 aromatic rings. The second kappa shape index (κ2) is 31.1. The molecule has 46 heavy (non-hydrogen) atoms. The van der Waals surface area contributed by atoms with Gasteiger partial charge in [0.15, 0.2) is 0 Å². The molecule has 0 saturated heterocycles. The summed E-state index contributed by atoms with van der Waals surface area (Å²) in [7, 11) is 0. The zero-order valence-electron chi connectivity index (χ0n) is 30.7. The van der Waals surface area contributed by atoms with Crippen LogP contribution in [0.2, 0.25) is 0 Å². The van der Waals surface area contributed by atoms with E-state index in [2.05, 4.69) is 74.7 Å². The summed E-state index contributed by atoms with van der Waals surface area (Å²) in [6.45, 7) is 9.19. The molecule has 0 bridgehead atoms. The maximum Gasteiger partial charge on any atom is 0.0717 e. The van der Waals surface area contributed by atoms with E-state index in [9.17, 15) is 0 Å². The monoisotopic (exact) mass is 744 g/mol. The van der Waals surface area contributed by atoms with E-state index in [1.807, 2.05) is 23.5 Å². The quantitative estimate of drug-likeness (QED) is 0.0625. The highest BCUT2D eigenvalue weighted by Crippen LogP contribution is 2.63. The van der Waals surface area contributed by atoms with Crippen molar-refractivity contribution in [2.75, 3.05) is 11.5 Å². The van der Waals surface area contributed by atoms with E-state index < -0.39 is 0 Å². The molecule has 2 aliphatic heterocycles. The Morgan fingerprint density at radius 2 is 0.565 bits per heavy atom. The first-order valence-corrected chi connectivity index (χ1v) is 25.0. The molecule has 0 spiro atoms. The van der Waals surface area contributed by atoms with Crippen LogP contribution in [0.25, 0.3) is 0 Å². The normalized spacial score (nSPS) is 15.4. The molecular formula is C40H72S6. The molecule has 0 saturated carbocycles. The minimum absolute atomic E-state index is 1.29. The van der Waals surface area contributed by atoms with Crippen molar-refractivity contribution < 1.29 is 0 Å². The van der Waals surface area contributed by atoms with Gasteiger partial charge in [-0.15, -0.1) is 23.5 Å². The maximum absolute atomic E-state index is 2.31. The van der Waals surface area contributed by atoms with Crippen molar-refractivity contribution in [3.05, 3.63) is 26.8 Å². The average molecular weight is 745 g/mol. The Morgan fingerprint density at radius 3 is 0.848 bits per heavy atom. The Kier molecular flexibility index (Phi) is 29.4. The molecule has 268 valence electrons. The molecule has 0 unspecified atom stereocenters. The smallest absolute Gasteiger partial charge is 0.0717 e. The van der Waals surface area contributed by atoms with Gasteiger partial charge < -0.3 is 0 Å². The Bertz CT molecular complexity index is 781. The number of unbranched alkanes of at least 4 members (excludes halogenated alkanes) is 26. The molecule has 0 fully saturated rings. The van der Waals surface area contributed by atoms with E-state index in [0.29, 0.717) is 0 Å². The van der Waals surface area contributed by atoms with Crippen LogP contribution in [-0.4, -0.2) is 11.5 Å². The van der Waals surface area contributed by atoms with Crippen LogP contribution in [0.15, 0.2) is 26.8 Å². The maximum atomic E-state index is 2.31. The molecular weight excluding hydrogens is 673 g/mol. The van der Waals surface area contributed by atoms with Crippen molar-refractivity contribution >= 4 is 70.6 Å². The van der Waals surface area contributed by atoms with Crippen LogP contribution in [-0.2, 0) is 0 Å². The SMILES string of the molecule is CCCCCCCCCCCCCCCCSC1=C(SCCCCCCCCCCCCCCCC)SC(=C2SC(C)=C(C)S2)S1. The first kappa shape index (κ1) is 43.5. The summed E-state index contributed by atoms with van der Waals surface area (Å²) in [5.41, 5.74) is 0. The Labute approximate surface area is 314 Å². The van der Waals surface area contributed by atoms with Gasteiger partial charge in [0.2, 0.25) is 0 Å². The molecule has 0 nitrogen and oxygen atoms in total. The molecule has 2 aliphatic rings. The van der Waals surface area contributed by atoms with Crippen LogP contribution >= 0.6 is 70.6 Å². The molecule has 0 radical (unpaired) electrons. The van der Waals surface area contributed by atoms with Crippen LogP contribution in [0.1, 0.15) is 207 Å². The highest BCUT2D eigenvalue weighted by atomic mass is 32.3. The zero-order chi connectivity index (χ0) is 32.9. The van der Waals surface area contributed by atoms with Crippen molar-refractivity contribution in [3.8, 4) is 0 Å². The summed E-state index contributed by atoms with van der Waals surface area (Å²) in [6, 6.07) is 0. The van der Waals surface area contributed by atoms with E-state index >= 15 is 0 Å². The van der Waals surface area contributed by atoms with Gasteiger partial charge >= 0.3 is 0 Å². The van der Waals surface area contributed by atoms with Gasteiger partial charge in [0.25, 0.3) is 0 Å². The van der Waals surface area contributed by atoms with Crippen LogP contribution in [0, 0.1) is 0 Å². The number of thioether (sulfide) groups is 6. The van der Waals surface area contributed by atoms with E-state index in [1.165, 1.54) is 205 Å². The van der Waals surface area contributed by atoms with Gasteiger partial charge in [0.1, 0.15) is 0 Å². The highest BCUT2D eigenvalue weighted by molar-refractivity contribution is 8.42. The Balaban J connectivity index is 1.54. The number of allylic oxidation sites excluding steroid dienone is 2. The van der Waals surface area contributed by atoms with Crippen molar-refractivity contribution in [1.29, 1.82) is 0 Å². The van der Waals surface area contributed by atoms with Gasteiger partial charge in [-0.25, -0.2) is 0 Å². The molecule has 0 aliphatic carbocycles. The first-order chi connectivity index (χ1) is 22.7. The predicted molar refractivity (Wildman–Crippen MR) is 228 cm³/mol. The molecule has 0 atom stereocenters. The topological polar surface area (TPSA) is 0 Å². The Hall–Kier alpha value is 1.32. The predicted octanol–water partition coefficient (Wildman–Crippen LogP) is 17.9. The largest absolute Gasteiger partial charge is 0.117 e. The molecule has 6 heteroatoms. The molecule has 2 rings (SSSR count). The number of hydrogen-bond acceptors (Lipinski definition) is 6. The van der Waals surface area contributed by atoms with Crippen LogP contribution < -0.4 is 0 Å². The zero-order valence-corrected chi connectivity index (χ0v) is 35.6. The summed E-state index contributed by atoms with van der Waals surface area (Å²) in [5.74, 6) is 2.59. The Morgan fingerprint density at radius 1 is 0.326 bits per heavy atom. The van der Waals surface area contributed by atoms with E-state index in [1.54, 1.807) is 12.7 Å². The third kappa shape index (κ3) is 22.2. The van der Waals surface area contributed by atoms with Gasteiger partial charge in [-0.1, -0.05) is 228 Å². The molecule has 2 heterocycles. The van der Waals surface area contributed by atoms with Gasteiger partial charge in [0.05, 0.1) is 16.9 Å². The third-order valence-electron chi connectivity index (χ3n) is 9.15. The first-order valence-electron chi connectivity index (χ1n) is 19.8. The van der Waals surface area contributed by atoms with Gasteiger partial charge in [-0.3, -0.25) is 0 Å². The minimum atomic E-state index is 1.29. The molecule has 0 amide bonds. The summed E-state index contributed by atoms with van der Waals surface area (Å²) < 4.78 is 6.31. The lowest BCUT2D eigenvalue weighted by Crippen LogP contribution is -1.85. The fourth-order valence-corrected chi connectivity index (χ4v) is 14.8. The van der Waals surface area contributed by atoms with E-state index in [-0.39, 0.29) is 0 Å². The van der Waals surface area contributed by atoms with Crippen molar-refractivity contribution in [2.45, 2.75) is 207 Å². The standard InChI is InChI=1S/C40H72S6/c1-5-7-9-11-13-15-17-19-21-23-25-27-29-31-33-41-37-38(46-40(45-37)39-43-35(3)36(4)44-39)42-34-32-30-28-26-24-22-20-18-16-14-12-10-8-6-2/h5-34H2,1-4H3. The summed E-state index contributed by atoms with van der Waals surface area (Å²) in [6.07, 6.45) is 40.4. The van der Waals surface area contributed by atoms with Crippen molar-refractivity contribution in [3.63, 3.8) is 0 Å². The number of hydrogen-bond donors (Lipinski definition) is 0. The lowest BCUT2D eigenvalue weighted by molar-refractivity contribution is 0.538. The highest BCUT2D eigenvalue weighted by Gasteiger charge is 2.28. The fourth-order valence-electron chi connectivity index (χ4n) is 5.98. The lowest BCUT2D eigenvalue weighted by atomic mass is 10.0. The minimum Gasteiger partial charge on any atom is -0.117 e. The van der Waals surface area contributed by atoms with Crippen molar-refractivity contribution in [1.82, 2.24) is 0 Å². The summed E-state index contributed by atoms with van der Waals surface area (Å²) in [5, 5.41) is 0. The molecule has 0 aromatic heterocycles. The second-order valence-corrected chi connectivity index (χ2v) is 21.3. The fraction of sp³-hybridized carbons (Fsp3) is 0.850. The second-order valence-electron chi connectivity index (χ2n) is 13.6. The molecule has 0 N–H and O–H groups in total. The van der Waals surface area contributed by atoms with Crippen LogP contribution in [0.5, 0.6) is 0 Å². The van der Waals surface area contributed by atoms with E-state index in [0.717, 1.165) is 0 Å². The molecule has 0 aromatic carbocycles. The summed E-state index contributed by atoms with van der Waals surface area (Å²) >= 11 is 12.5. The van der Waals surface area contributed by atoms with Gasteiger partial charge in [-0.05, 0) is 48.0 Å².